The van der Waals surface area contributed by atoms with Crippen molar-refractivity contribution in [1.82, 2.24) is 4.90 Å². The number of primary amides is 1. The van der Waals surface area contributed by atoms with Gasteiger partial charge in [-0.05, 0) is 43.5 Å². The Bertz CT molecular complexity index is 471. The summed E-state index contributed by atoms with van der Waals surface area (Å²) < 4.78 is 0. The maximum absolute atomic E-state index is 10.9. The molecule has 0 aliphatic carbocycles. The molecule has 4 nitrogen and oxygen atoms in total. The Kier molecular flexibility index (Phi) is 3.92. The molecular weight excluding hydrogens is 250 g/mol. The van der Waals surface area contributed by atoms with Crippen molar-refractivity contribution in [3.05, 3.63) is 29.8 Å². The summed E-state index contributed by atoms with van der Waals surface area (Å²) >= 11 is 0. The second-order valence-electron chi connectivity index (χ2n) is 5.98. The predicted octanol–water partition coefficient (Wildman–Crippen LogP) is 1.75. The minimum atomic E-state index is -0.278. The van der Waals surface area contributed by atoms with Crippen LogP contribution in [0.5, 0.6) is 0 Å². The molecule has 0 saturated carbocycles. The number of benzene rings is 1. The summed E-state index contributed by atoms with van der Waals surface area (Å²) in [7, 11) is 0. The number of nitrogens with two attached hydrogens (primary N) is 1. The van der Waals surface area contributed by atoms with Crippen molar-refractivity contribution in [2.24, 2.45) is 5.73 Å². The van der Waals surface area contributed by atoms with Gasteiger partial charge in [-0.15, -0.1) is 0 Å². The smallest absolute Gasteiger partial charge is 0.221 e. The number of carbonyl (C=O) groups excluding carboxylic acids is 1. The largest absolute Gasteiger partial charge is 0.381 e. The number of nitrogens with zero attached hydrogens (tertiary/aromatic N) is 1. The van der Waals surface area contributed by atoms with Gasteiger partial charge in [-0.1, -0.05) is 18.6 Å². The van der Waals surface area contributed by atoms with E-state index < -0.39 is 0 Å². The molecule has 2 aliphatic heterocycles. The Hall–Kier alpha value is -1.55. The molecule has 0 aromatic heterocycles. The van der Waals surface area contributed by atoms with E-state index in [-0.39, 0.29) is 5.91 Å². The topological polar surface area (TPSA) is 58.4 Å². The van der Waals surface area contributed by atoms with E-state index in [9.17, 15) is 4.79 Å². The Balaban J connectivity index is 1.61. The van der Waals surface area contributed by atoms with Gasteiger partial charge < -0.3 is 11.1 Å². The van der Waals surface area contributed by atoms with Crippen LogP contribution in [0.4, 0.5) is 5.69 Å². The first kappa shape index (κ1) is 13.4. The van der Waals surface area contributed by atoms with Crippen LogP contribution in [-0.2, 0) is 11.2 Å². The van der Waals surface area contributed by atoms with Gasteiger partial charge in [-0.25, -0.2) is 0 Å². The highest BCUT2D eigenvalue weighted by molar-refractivity contribution is 5.76. The first-order valence-corrected chi connectivity index (χ1v) is 7.60. The van der Waals surface area contributed by atoms with Crippen LogP contribution >= 0.6 is 0 Å². The molecule has 2 aliphatic rings. The van der Waals surface area contributed by atoms with Gasteiger partial charge in [0.25, 0.3) is 0 Å². The van der Waals surface area contributed by atoms with E-state index in [0.717, 1.165) is 11.3 Å². The van der Waals surface area contributed by atoms with Crippen molar-refractivity contribution in [3.8, 4) is 0 Å². The fraction of sp³-hybridized carbons (Fsp3) is 0.562. The van der Waals surface area contributed by atoms with E-state index in [1.54, 1.807) is 0 Å². The quantitative estimate of drug-likeness (QED) is 0.878. The van der Waals surface area contributed by atoms with Crippen molar-refractivity contribution >= 4 is 11.6 Å². The summed E-state index contributed by atoms with van der Waals surface area (Å²) in [6, 6.07) is 9.36. The molecule has 1 aromatic rings. The van der Waals surface area contributed by atoms with Crippen molar-refractivity contribution in [1.29, 1.82) is 0 Å². The van der Waals surface area contributed by atoms with Crippen LogP contribution in [0.25, 0.3) is 0 Å². The molecule has 1 amide bonds. The Morgan fingerprint density at radius 3 is 2.75 bits per heavy atom. The van der Waals surface area contributed by atoms with Crippen molar-refractivity contribution in [3.63, 3.8) is 0 Å². The third kappa shape index (κ3) is 2.96. The van der Waals surface area contributed by atoms with E-state index in [0.29, 0.717) is 18.5 Å². The molecule has 0 spiro atoms. The zero-order chi connectivity index (χ0) is 13.9. The molecule has 3 rings (SSSR count). The number of fused-ring (bicyclic) bond motifs is 1. The Morgan fingerprint density at radius 2 is 2.00 bits per heavy atom. The SMILES string of the molecule is NC(=O)Cc1ccc(NC2CCN3CCCCC23)cc1. The fourth-order valence-electron chi connectivity index (χ4n) is 3.55. The van der Waals surface area contributed by atoms with E-state index >= 15 is 0 Å². The second kappa shape index (κ2) is 5.83. The van der Waals surface area contributed by atoms with Crippen LogP contribution in [0.15, 0.2) is 24.3 Å². The first-order valence-electron chi connectivity index (χ1n) is 7.60. The predicted molar refractivity (Wildman–Crippen MR) is 80.6 cm³/mol. The number of carbonyl (C=O) groups is 1. The Labute approximate surface area is 120 Å². The Morgan fingerprint density at radius 1 is 1.20 bits per heavy atom. The zero-order valence-corrected chi connectivity index (χ0v) is 11.8. The average molecular weight is 273 g/mol. The van der Waals surface area contributed by atoms with Crippen LogP contribution in [0.2, 0.25) is 0 Å². The fourth-order valence-corrected chi connectivity index (χ4v) is 3.55. The summed E-state index contributed by atoms with van der Waals surface area (Å²) in [4.78, 5) is 13.5. The first-order chi connectivity index (χ1) is 9.72. The lowest BCUT2D eigenvalue weighted by Crippen LogP contribution is -2.41. The second-order valence-corrected chi connectivity index (χ2v) is 5.98. The molecule has 4 heteroatoms. The summed E-state index contributed by atoms with van der Waals surface area (Å²) in [5.74, 6) is -0.278. The average Bonchev–Trinajstić information content (AvgIpc) is 2.84. The van der Waals surface area contributed by atoms with E-state index in [1.165, 1.54) is 38.8 Å². The molecule has 2 heterocycles. The van der Waals surface area contributed by atoms with Crippen LogP contribution in [0, 0.1) is 0 Å². The van der Waals surface area contributed by atoms with E-state index in [4.69, 9.17) is 5.73 Å². The van der Waals surface area contributed by atoms with Gasteiger partial charge in [-0.2, -0.15) is 0 Å². The lowest BCUT2D eigenvalue weighted by Gasteiger charge is -2.33. The molecule has 2 atom stereocenters. The normalized spacial score (nSPS) is 26.2. The molecule has 0 bridgehead atoms. The molecule has 108 valence electrons. The number of amides is 1. The van der Waals surface area contributed by atoms with Gasteiger partial charge >= 0.3 is 0 Å². The van der Waals surface area contributed by atoms with Gasteiger partial charge in [0.15, 0.2) is 0 Å². The number of anilines is 1. The lowest BCUT2D eigenvalue weighted by molar-refractivity contribution is -0.117. The highest BCUT2D eigenvalue weighted by Gasteiger charge is 2.35. The summed E-state index contributed by atoms with van der Waals surface area (Å²) in [6.45, 7) is 2.49. The molecule has 1 aromatic carbocycles. The van der Waals surface area contributed by atoms with Crippen molar-refractivity contribution in [2.75, 3.05) is 18.4 Å². The molecule has 0 radical (unpaired) electrons. The van der Waals surface area contributed by atoms with E-state index in [1.807, 2.05) is 12.1 Å². The summed E-state index contributed by atoms with van der Waals surface area (Å²) in [6.07, 6.45) is 5.58. The number of hydrogen-bond donors (Lipinski definition) is 2. The standard InChI is InChI=1S/C16H23N3O/c17-16(20)11-12-4-6-13(7-5-12)18-14-8-10-19-9-2-1-3-15(14)19/h4-7,14-15,18H,1-3,8-11H2,(H2,17,20). The molecule has 2 unspecified atom stereocenters. The molecular formula is C16H23N3O. The minimum absolute atomic E-state index is 0.278. The number of rotatable bonds is 4. The molecule has 2 fully saturated rings. The third-order valence-electron chi connectivity index (χ3n) is 4.54. The van der Waals surface area contributed by atoms with Crippen LogP contribution in [-0.4, -0.2) is 36.0 Å². The summed E-state index contributed by atoms with van der Waals surface area (Å²) in [5.41, 5.74) is 7.34. The monoisotopic (exact) mass is 273 g/mol. The number of piperidine rings is 1. The van der Waals surface area contributed by atoms with Gasteiger partial charge in [0, 0.05) is 24.3 Å². The van der Waals surface area contributed by atoms with Crippen LogP contribution < -0.4 is 11.1 Å². The third-order valence-corrected chi connectivity index (χ3v) is 4.54. The van der Waals surface area contributed by atoms with Crippen molar-refractivity contribution in [2.45, 2.75) is 44.2 Å². The maximum Gasteiger partial charge on any atom is 0.221 e. The highest BCUT2D eigenvalue weighted by atomic mass is 16.1. The minimum Gasteiger partial charge on any atom is -0.381 e. The summed E-state index contributed by atoms with van der Waals surface area (Å²) in [5, 5.41) is 3.66. The maximum atomic E-state index is 10.9. The van der Waals surface area contributed by atoms with Crippen LogP contribution in [0.1, 0.15) is 31.2 Å². The zero-order valence-electron chi connectivity index (χ0n) is 11.8. The van der Waals surface area contributed by atoms with Crippen LogP contribution in [0.3, 0.4) is 0 Å². The lowest BCUT2D eigenvalue weighted by atomic mass is 9.99. The molecule has 20 heavy (non-hydrogen) atoms. The van der Waals surface area contributed by atoms with E-state index in [2.05, 4.69) is 22.3 Å². The van der Waals surface area contributed by atoms with Gasteiger partial charge in [0.1, 0.15) is 0 Å². The van der Waals surface area contributed by atoms with Gasteiger partial charge in [0.2, 0.25) is 5.91 Å². The molecule has 2 saturated heterocycles. The number of nitrogens with one attached hydrogen (secondary N) is 1. The van der Waals surface area contributed by atoms with Gasteiger partial charge in [0.05, 0.1) is 6.42 Å². The molecule has 3 N–H and O–H groups in total. The highest BCUT2D eigenvalue weighted by Crippen LogP contribution is 2.29. The number of hydrogen-bond acceptors (Lipinski definition) is 3. The van der Waals surface area contributed by atoms with Gasteiger partial charge in [-0.3, -0.25) is 9.69 Å². The van der Waals surface area contributed by atoms with Crippen molar-refractivity contribution < 1.29 is 4.79 Å².